The first-order chi connectivity index (χ1) is 6.29. The number of hydrogen-bond donors (Lipinski definition) is 1. The average molecular weight is 200 g/mol. The van der Waals surface area contributed by atoms with E-state index in [-0.39, 0.29) is 17.7 Å². The van der Waals surface area contributed by atoms with Crippen molar-refractivity contribution in [3.63, 3.8) is 0 Å². The molecule has 13 heavy (non-hydrogen) atoms. The summed E-state index contributed by atoms with van der Waals surface area (Å²) in [6.07, 6.45) is 0. The molecule has 6 heteroatoms. The lowest BCUT2D eigenvalue weighted by molar-refractivity contribution is 0.409. The van der Waals surface area contributed by atoms with Gasteiger partial charge in [0, 0.05) is 0 Å². The van der Waals surface area contributed by atoms with E-state index in [1.807, 2.05) is 0 Å². The molecule has 0 spiro atoms. The van der Waals surface area contributed by atoms with Crippen LogP contribution >= 0.6 is 11.6 Å². The van der Waals surface area contributed by atoms with Gasteiger partial charge in [0.15, 0.2) is 16.8 Å². The molecular weight excluding hydrogens is 194 g/mol. The van der Waals surface area contributed by atoms with Crippen LogP contribution in [0.25, 0.3) is 11.7 Å². The second kappa shape index (κ2) is 3.20. The van der Waals surface area contributed by atoms with E-state index in [1.54, 1.807) is 12.1 Å². The van der Waals surface area contributed by atoms with Gasteiger partial charge in [-0.25, -0.2) is 0 Å². The first kappa shape index (κ1) is 8.28. The lowest BCUT2D eigenvalue weighted by Crippen LogP contribution is -1.97. The van der Waals surface area contributed by atoms with Crippen molar-refractivity contribution >= 4 is 11.6 Å². The molecule has 0 unspecified atom stereocenters. The quantitative estimate of drug-likeness (QED) is 0.792. The van der Waals surface area contributed by atoms with Crippen molar-refractivity contribution in [1.29, 1.82) is 0 Å². The summed E-state index contributed by atoms with van der Waals surface area (Å²) >= 11 is 5.57. The van der Waals surface area contributed by atoms with Crippen LogP contribution in [0.15, 0.2) is 21.1 Å². The molecule has 2 aromatic heterocycles. The van der Waals surface area contributed by atoms with Crippen LogP contribution in [0.5, 0.6) is 0 Å². The Morgan fingerprint density at radius 2 is 2.31 bits per heavy atom. The van der Waals surface area contributed by atoms with Gasteiger partial charge in [-0.2, -0.15) is 4.98 Å². The number of hydrogen-bond acceptors (Lipinski definition) is 5. The Morgan fingerprint density at radius 1 is 1.46 bits per heavy atom. The van der Waals surface area contributed by atoms with Gasteiger partial charge in [-0.1, -0.05) is 5.16 Å². The highest BCUT2D eigenvalue weighted by Gasteiger charge is 2.11. The predicted molar refractivity (Wildman–Crippen MR) is 44.9 cm³/mol. The highest BCUT2D eigenvalue weighted by atomic mass is 35.5. The molecule has 68 valence electrons. The van der Waals surface area contributed by atoms with Crippen molar-refractivity contribution in [3.8, 4) is 11.7 Å². The van der Waals surface area contributed by atoms with Crippen molar-refractivity contribution in [2.45, 2.75) is 6.54 Å². The molecule has 0 amide bonds. The van der Waals surface area contributed by atoms with Gasteiger partial charge in [-0.3, -0.25) is 0 Å². The first-order valence-corrected chi connectivity index (χ1v) is 3.96. The Hall–Kier alpha value is -1.33. The fourth-order valence-electron chi connectivity index (χ4n) is 0.866. The third-order valence-electron chi connectivity index (χ3n) is 1.43. The lowest BCUT2D eigenvalue weighted by Gasteiger charge is -1.83. The maximum Gasteiger partial charge on any atom is 0.293 e. The smallest absolute Gasteiger partial charge is 0.293 e. The van der Waals surface area contributed by atoms with Gasteiger partial charge in [0.1, 0.15) is 0 Å². The molecule has 2 rings (SSSR count). The van der Waals surface area contributed by atoms with Crippen molar-refractivity contribution in [2.24, 2.45) is 5.73 Å². The average Bonchev–Trinajstić information content (AvgIpc) is 2.71. The Morgan fingerprint density at radius 3 is 2.85 bits per heavy atom. The maximum atomic E-state index is 5.57. The van der Waals surface area contributed by atoms with Crippen molar-refractivity contribution in [2.75, 3.05) is 0 Å². The summed E-state index contributed by atoms with van der Waals surface area (Å²) in [5.74, 6) is 1.16. The van der Waals surface area contributed by atoms with Crippen LogP contribution < -0.4 is 5.73 Å². The molecule has 0 saturated carbocycles. The molecule has 5 nitrogen and oxygen atoms in total. The highest BCUT2D eigenvalue weighted by Crippen LogP contribution is 2.22. The van der Waals surface area contributed by atoms with Crippen molar-refractivity contribution in [3.05, 3.63) is 23.2 Å². The molecule has 2 N–H and O–H groups in total. The monoisotopic (exact) mass is 199 g/mol. The highest BCUT2D eigenvalue weighted by molar-refractivity contribution is 6.28. The lowest BCUT2D eigenvalue weighted by atomic mass is 10.4. The van der Waals surface area contributed by atoms with Gasteiger partial charge in [-0.15, -0.1) is 0 Å². The van der Waals surface area contributed by atoms with Crippen LogP contribution in [0, 0.1) is 0 Å². The summed E-state index contributed by atoms with van der Waals surface area (Å²) in [5, 5.41) is 3.89. The van der Waals surface area contributed by atoms with Crippen LogP contribution in [0.3, 0.4) is 0 Å². The summed E-state index contributed by atoms with van der Waals surface area (Å²) in [4.78, 5) is 3.96. The van der Waals surface area contributed by atoms with Crippen molar-refractivity contribution in [1.82, 2.24) is 10.1 Å². The van der Waals surface area contributed by atoms with Crippen LogP contribution in [-0.4, -0.2) is 10.1 Å². The molecular formula is C7H6ClN3O2. The predicted octanol–water partition coefficient (Wildman–Crippen LogP) is 1.44. The zero-order valence-electron chi connectivity index (χ0n) is 6.53. The summed E-state index contributed by atoms with van der Waals surface area (Å²) in [7, 11) is 0. The number of furan rings is 1. The van der Waals surface area contributed by atoms with E-state index in [2.05, 4.69) is 10.1 Å². The minimum atomic E-state index is 0.234. The van der Waals surface area contributed by atoms with E-state index in [0.717, 1.165) is 0 Å². The number of aromatic nitrogens is 2. The minimum Gasteiger partial charge on any atom is -0.440 e. The summed E-state index contributed by atoms with van der Waals surface area (Å²) in [6, 6.07) is 3.25. The SMILES string of the molecule is NCc1noc(-c2ccc(Cl)o2)n1. The van der Waals surface area contributed by atoms with Gasteiger partial charge in [0.2, 0.25) is 0 Å². The fraction of sp³-hybridized carbons (Fsp3) is 0.143. The zero-order chi connectivity index (χ0) is 9.26. The number of rotatable bonds is 2. The number of halogens is 1. The third kappa shape index (κ3) is 1.56. The molecule has 0 aliphatic rings. The van der Waals surface area contributed by atoms with Crippen LogP contribution in [0.4, 0.5) is 0 Å². The topological polar surface area (TPSA) is 78.1 Å². The minimum absolute atomic E-state index is 0.234. The number of nitrogens with two attached hydrogens (primary N) is 1. The Balaban J connectivity index is 2.35. The van der Waals surface area contributed by atoms with E-state index in [0.29, 0.717) is 11.6 Å². The van der Waals surface area contributed by atoms with E-state index < -0.39 is 0 Å². The molecule has 0 aromatic carbocycles. The Bertz CT molecular complexity index is 409. The zero-order valence-corrected chi connectivity index (χ0v) is 7.28. The molecule has 0 aliphatic carbocycles. The molecule has 0 bridgehead atoms. The molecule has 0 aliphatic heterocycles. The van der Waals surface area contributed by atoms with Gasteiger partial charge in [0.05, 0.1) is 6.54 Å². The van der Waals surface area contributed by atoms with E-state index in [9.17, 15) is 0 Å². The fourth-order valence-corrected chi connectivity index (χ4v) is 1.01. The van der Waals surface area contributed by atoms with Crippen LogP contribution in [0.2, 0.25) is 5.22 Å². The van der Waals surface area contributed by atoms with Gasteiger partial charge in [-0.05, 0) is 23.7 Å². The summed E-state index contributed by atoms with van der Waals surface area (Å²) in [6.45, 7) is 0.234. The van der Waals surface area contributed by atoms with E-state index in [1.165, 1.54) is 0 Å². The normalized spacial score (nSPS) is 10.6. The molecule has 0 atom stereocenters. The van der Waals surface area contributed by atoms with E-state index in [4.69, 9.17) is 26.3 Å². The Labute approximate surface area is 78.5 Å². The number of nitrogens with zero attached hydrogens (tertiary/aromatic N) is 2. The standard InChI is InChI=1S/C7H6ClN3O2/c8-5-2-1-4(12-5)7-10-6(3-9)11-13-7/h1-2H,3,9H2. The van der Waals surface area contributed by atoms with Gasteiger partial charge >= 0.3 is 0 Å². The molecule has 0 radical (unpaired) electrons. The largest absolute Gasteiger partial charge is 0.440 e. The molecule has 2 aromatic rings. The third-order valence-corrected chi connectivity index (χ3v) is 1.64. The second-order valence-electron chi connectivity index (χ2n) is 2.32. The summed E-state index contributed by atoms with van der Waals surface area (Å²) in [5.41, 5.74) is 5.30. The second-order valence-corrected chi connectivity index (χ2v) is 2.70. The summed E-state index contributed by atoms with van der Waals surface area (Å²) < 4.78 is 9.92. The van der Waals surface area contributed by atoms with Crippen LogP contribution in [0.1, 0.15) is 5.82 Å². The molecule has 2 heterocycles. The first-order valence-electron chi connectivity index (χ1n) is 3.58. The van der Waals surface area contributed by atoms with Crippen molar-refractivity contribution < 1.29 is 8.94 Å². The Kier molecular flexibility index (Phi) is 2.03. The van der Waals surface area contributed by atoms with E-state index >= 15 is 0 Å². The van der Waals surface area contributed by atoms with Gasteiger partial charge in [0.25, 0.3) is 5.89 Å². The molecule has 0 saturated heterocycles. The maximum absolute atomic E-state index is 5.57. The van der Waals surface area contributed by atoms with Gasteiger partial charge < -0.3 is 14.7 Å². The van der Waals surface area contributed by atoms with Crippen LogP contribution in [-0.2, 0) is 6.54 Å². The molecule has 0 fully saturated rings.